The van der Waals surface area contributed by atoms with Gasteiger partial charge in [-0.1, -0.05) is 36.4 Å². The smallest absolute Gasteiger partial charge is 0.326 e. The van der Waals surface area contributed by atoms with E-state index in [4.69, 9.17) is 4.74 Å². The third kappa shape index (κ3) is 3.18. The second-order valence-corrected chi connectivity index (χ2v) is 8.58. The summed E-state index contributed by atoms with van der Waals surface area (Å²) in [4.78, 5) is 0. The molecule has 0 aliphatic carbocycles. The molecule has 0 spiro atoms. The molecule has 0 aromatic heterocycles. The van der Waals surface area contributed by atoms with Gasteiger partial charge in [0.05, 0.1) is 36.7 Å². The van der Waals surface area contributed by atoms with Gasteiger partial charge in [0.25, 0.3) is 0 Å². The van der Waals surface area contributed by atoms with E-state index >= 15 is 0 Å². The van der Waals surface area contributed by atoms with E-state index in [1.807, 2.05) is 54.6 Å². The third-order valence-corrected chi connectivity index (χ3v) is 6.82. The summed E-state index contributed by atoms with van der Waals surface area (Å²) in [7, 11) is -0.549. The quantitative estimate of drug-likeness (QED) is 0.659. The van der Waals surface area contributed by atoms with Crippen LogP contribution in [0.3, 0.4) is 0 Å². The second kappa shape index (κ2) is 7.15. The van der Waals surface area contributed by atoms with Crippen LogP contribution < -0.4 is 13.3 Å². The fourth-order valence-electron chi connectivity index (χ4n) is 3.45. The molecule has 146 valence electrons. The predicted molar refractivity (Wildman–Crippen MR) is 113 cm³/mol. The lowest BCUT2D eigenvalue weighted by Crippen LogP contribution is -2.35. The fraction of sp³-hybridized carbons (Fsp3) is 0.136. The highest BCUT2D eigenvalue weighted by molar-refractivity contribution is 7.94. The Labute approximate surface area is 170 Å². The van der Waals surface area contributed by atoms with Crippen molar-refractivity contribution in [2.45, 2.75) is 6.54 Å². The van der Waals surface area contributed by atoms with Gasteiger partial charge in [0.1, 0.15) is 5.75 Å². The molecule has 0 unspecified atom stereocenters. The van der Waals surface area contributed by atoms with Gasteiger partial charge in [-0.25, -0.2) is 4.31 Å². The predicted octanol–water partition coefficient (Wildman–Crippen LogP) is 3.94. The van der Waals surface area contributed by atoms with Crippen molar-refractivity contribution in [3.05, 3.63) is 77.9 Å². The first kappa shape index (κ1) is 18.8. The summed E-state index contributed by atoms with van der Waals surface area (Å²) in [5.74, 6) is 0.719. The van der Waals surface area contributed by atoms with Crippen LogP contribution in [-0.2, 0) is 16.8 Å². The number of benzene rings is 3. The molecule has 0 N–H and O–H groups in total. The number of rotatable bonds is 4. The molecule has 6 nitrogen and oxygen atoms in total. The van der Waals surface area contributed by atoms with Crippen molar-refractivity contribution in [1.29, 1.82) is 5.26 Å². The average molecular weight is 405 g/mol. The van der Waals surface area contributed by atoms with Gasteiger partial charge < -0.3 is 4.74 Å². The molecule has 3 aromatic rings. The van der Waals surface area contributed by atoms with E-state index in [-0.39, 0.29) is 6.54 Å². The number of ether oxygens (including phenoxy) is 1. The molecule has 4 rings (SSSR count). The monoisotopic (exact) mass is 405 g/mol. The molecule has 0 fully saturated rings. The summed E-state index contributed by atoms with van der Waals surface area (Å²) in [5, 5.41) is 9.38. The molecule has 7 heteroatoms. The molecule has 1 aliphatic heterocycles. The first-order valence-corrected chi connectivity index (χ1v) is 10.4. The SMILES string of the molecule is COc1ccc(CN2c3ccc(-c4ccccc4C#N)cc3N(C)S2(=O)=O)cc1. The third-order valence-electron chi connectivity index (χ3n) is 5.05. The van der Waals surface area contributed by atoms with Gasteiger partial charge in [0.2, 0.25) is 0 Å². The van der Waals surface area contributed by atoms with Crippen LogP contribution in [-0.4, -0.2) is 22.6 Å². The number of hydrogen-bond acceptors (Lipinski definition) is 4. The summed E-state index contributed by atoms with van der Waals surface area (Å²) >= 11 is 0. The summed E-state index contributed by atoms with van der Waals surface area (Å²) in [6.45, 7) is 0.220. The van der Waals surface area contributed by atoms with Crippen molar-refractivity contribution < 1.29 is 13.2 Å². The van der Waals surface area contributed by atoms with Gasteiger partial charge in [-0.2, -0.15) is 13.7 Å². The molecule has 3 aromatic carbocycles. The Bertz CT molecular complexity index is 1210. The Morgan fingerprint density at radius 3 is 2.41 bits per heavy atom. The van der Waals surface area contributed by atoms with Crippen LogP contribution in [0.4, 0.5) is 11.4 Å². The Morgan fingerprint density at radius 1 is 1.00 bits per heavy atom. The first-order valence-electron chi connectivity index (χ1n) is 8.99. The number of fused-ring (bicyclic) bond motifs is 1. The van der Waals surface area contributed by atoms with E-state index in [1.54, 1.807) is 26.3 Å². The van der Waals surface area contributed by atoms with Crippen LogP contribution in [0.25, 0.3) is 11.1 Å². The van der Waals surface area contributed by atoms with Crippen LogP contribution in [0.15, 0.2) is 66.7 Å². The normalized spacial score (nSPS) is 14.4. The van der Waals surface area contributed by atoms with Crippen molar-refractivity contribution in [2.24, 2.45) is 0 Å². The summed E-state index contributed by atoms with van der Waals surface area (Å²) < 4.78 is 33.9. The van der Waals surface area contributed by atoms with Crippen molar-refractivity contribution >= 4 is 21.6 Å². The molecule has 0 amide bonds. The van der Waals surface area contributed by atoms with Crippen molar-refractivity contribution in [3.63, 3.8) is 0 Å². The topological polar surface area (TPSA) is 73.6 Å². The van der Waals surface area contributed by atoms with Gasteiger partial charge in [0, 0.05) is 7.05 Å². The molecule has 0 radical (unpaired) electrons. The highest BCUT2D eigenvalue weighted by Crippen LogP contribution is 2.43. The van der Waals surface area contributed by atoms with Crippen LogP contribution in [0.5, 0.6) is 5.75 Å². The van der Waals surface area contributed by atoms with Crippen molar-refractivity contribution in [2.75, 3.05) is 22.8 Å². The maximum Gasteiger partial charge on any atom is 0.326 e. The van der Waals surface area contributed by atoms with Gasteiger partial charge in [-0.05, 0) is 47.0 Å². The molecule has 1 heterocycles. The van der Waals surface area contributed by atoms with Crippen molar-refractivity contribution in [1.82, 2.24) is 0 Å². The fourth-order valence-corrected chi connectivity index (χ4v) is 4.85. The Morgan fingerprint density at radius 2 is 1.72 bits per heavy atom. The molecule has 0 saturated carbocycles. The Hall–Kier alpha value is -3.50. The number of nitriles is 1. The lowest BCUT2D eigenvalue weighted by atomic mass is 9.99. The minimum Gasteiger partial charge on any atom is -0.497 e. The molecule has 0 atom stereocenters. The zero-order valence-corrected chi connectivity index (χ0v) is 16.8. The van der Waals surface area contributed by atoms with Gasteiger partial charge >= 0.3 is 10.2 Å². The number of hydrogen-bond donors (Lipinski definition) is 0. The summed E-state index contributed by atoms with van der Waals surface area (Å²) in [5.41, 5.74) is 4.18. The van der Waals surface area contributed by atoms with Gasteiger partial charge in [-0.3, -0.25) is 4.31 Å². The van der Waals surface area contributed by atoms with Gasteiger partial charge in [-0.15, -0.1) is 0 Å². The van der Waals surface area contributed by atoms with Crippen LogP contribution in [0.1, 0.15) is 11.1 Å². The highest BCUT2D eigenvalue weighted by atomic mass is 32.2. The maximum absolute atomic E-state index is 13.0. The van der Waals surface area contributed by atoms with E-state index in [9.17, 15) is 13.7 Å². The Balaban J connectivity index is 1.75. The number of methoxy groups -OCH3 is 1. The summed E-state index contributed by atoms with van der Waals surface area (Å²) in [6.07, 6.45) is 0. The minimum atomic E-state index is -3.68. The zero-order chi connectivity index (χ0) is 20.6. The van der Waals surface area contributed by atoms with Crippen molar-refractivity contribution in [3.8, 4) is 22.9 Å². The van der Waals surface area contributed by atoms with E-state index in [1.165, 1.54) is 8.61 Å². The number of nitrogens with zero attached hydrogens (tertiary/aromatic N) is 3. The number of anilines is 2. The van der Waals surface area contributed by atoms with E-state index in [0.29, 0.717) is 16.9 Å². The lowest BCUT2D eigenvalue weighted by Gasteiger charge is -2.19. The lowest BCUT2D eigenvalue weighted by molar-refractivity contribution is 0.414. The molecule has 0 bridgehead atoms. The van der Waals surface area contributed by atoms with Crippen LogP contribution >= 0.6 is 0 Å². The standard InChI is InChI=1S/C22H19N3O3S/c1-24-22-13-17(20-6-4-3-5-18(20)14-23)9-12-21(22)25(29(24,26)27)15-16-7-10-19(28-2)11-8-16/h3-13H,15H2,1-2H3. The maximum atomic E-state index is 13.0. The second-order valence-electron chi connectivity index (χ2n) is 6.69. The molecule has 0 saturated heterocycles. The van der Waals surface area contributed by atoms with E-state index < -0.39 is 10.2 Å². The van der Waals surface area contributed by atoms with E-state index in [0.717, 1.165) is 22.4 Å². The molecule has 1 aliphatic rings. The van der Waals surface area contributed by atoms with E-state index in [2.05, 4.69) is 6.07 Å². The zero-order valence-electron chi connectivity index (χ0n) is 16.0. The molecular formula is C22H19N3O3S. The summed E-state index contributed by atoms with van der Waals surface area (Å²) in [6, 6.07) is 22.3. The minimum absolute atomic E-state index is 0.220. The molecular weight excluding hydrogens is 386 g/mol. The molecule has 29 heavy (non-hydrogen) atoms. The van der Waals surface area contributed by atoms with Crippen LogP contribution in [0, 0.1) is 11.3 Å². The first-order chi connectivity index (χ1) is 14.0. The van der Waals surface area contributed by atoms with Gasteiger partial charge in [0.15, 0.2) is 0 Å². The Kier molecular flexibility index (Phi) is 4.65. The highest BCUT2D eigenvalue weighted by Gasteiger charge is 2.38. The largest absolute Gasteiger partial charge is 0.497 e. The average Bonchev–Trinajstić information content (AvgIpc) is 2.94. The van der Waals surface area contributed by atoms with Crippen LogP contribution in [0.2, 0.25) is 0 Å².